The lowest BCUT2D eigenvalue weighted by atomic mass is 10.2. The highest BCUT2D eigenvalue weighted by molar-refractivity contribution is 9.10. The molecule has 2 rings (SSSR count). The monoisotopic (exact) mass is 328 g/mol. The third-order valence-electron chi connectivity index (χ3n) is 2.36. The van der Waals surface area contributed by atoms with Crippen LogP contribution in [0.1, 0.15) is 18.4 Å². The molecule has 0 fully saturated rings. The van der Waals surface area contributed by atoms with Crippen LogP contribution in [0.15, 0.2) is 27.3 Å². The van der Waals surface area contributed by atoms with Gasteiger partial charge in [-0.2, -0.15) is 16.7 Å². The first-order valence-corrected chi connectivity index (χ1v) is 7.60. The summed E-state index contributed by atoms with van der Waals surface area (Å²) in [6, 6.07) is 3.49. The van der Waals surface area contributed by atoms with Crippen molar-refractivity contribution in [3.8, 4) is 11.5 Å². The summed E-state index contributed by atoms with van der Waals surface area (Å²) in [6.45, 7) is 0. The first-order chi connectivity index (χ1) is 8.72. The number of hydrogen-bond donors (Lipinski definition) is 1. The molecule has 0 saturated carbocycles. The minimum Gasteiger partial charge on any atom is -0.337 e. The molecule has 7 heteroatoms. The number of thioether (sulfide) groups is 1. The molecule has 0 aromatic carbocycles. The Labute approximate surface area is 118 Å². The van der Waals surface area contributed by atoms with Gasteiger partial charge in [-0.25, -0.2) is 0 Å². The first kappa shape index (κ1) is 13.5. The number of hydrogen-bond acceptors (Lipinski definition) is 6. The summed E-state index contributed by atoms with van der Waals surface area (Å²) in [5.74, 6) is 1.88. The molecular weight excluding hydrogens is 316 g/mol. The van der Waals surface area contributed by atoms with Crippen molar-refractivity contribution in [3.63, 3.8) is 0 Å². The fourth-order valence-electron chi connectivity index (χ4n) is 1.40. The third-order valence-corrected chi connectivity index (χ3v) is 3.65. The lowest BCUT2D eigenvalue weighted by Crippen LogP contribution is -2.11. The van der Waals surface area contributed by atoms with Gasteiger partial charge in [0.1, 0.15) is 5.69 Å². The molecule has 5 nitrogen and oxygen atoms in total. The van der Waals surface area contributed by atoms with E-state index in [9.17, 15) is 0 Å². The smallest absolute Gasteiger partial charge is 0.243 e. The maximum atomic E-state index is 5.97. The Morgan fingerprint density at radius 1 is 1.56 bits per heavy atom. The zero-order chi connectivity index (χ0) is 13.0. The number of aromatic nitrogens is 3. The second-order valence-corrected chi connectivity index (χ2v) is 5.52. The normalized spacial score (nSPS) is 12.6. The number of nitrogens with zero attached hydrogens (tertiary/aromatic N) is 3. The van der Waals surface area contributed by atoms with Crippen molar-refractivity contribution in [2.45, 2.75) is 12.5 Å². The van der Waals surface area contributed by atoms with Crippen molar-refractivity contribution in [1.82, 2.24) is 15.1 Å². The van der Waals surface area contributed by atoms with Crippen LogP contribution in [0.2, 0.25) is 0 Å². The van der Waals surface area contributed by atoms with Crippen molar-refractivity contribution in [2.24, 2.45) is 5.73 Å². The van der Waals surface area contributed by atoms with Gasteiger partial charge >= 0.3 is 0 Å². The molecule has 2 aromatic heterocycles. The molecule has 0 aliphatic carbocycles. The van der Waals surface area contributed by atoms with Crippen molar-refractivity contribution < 1.29 is 4.52 Å². The zero-order valence-electron chi connectivity index (χ0n) is 9.84. The predicted molar refractivity (Wildman–Crippen MR) is 75.2 cm³/mol. The van der Waals surface area contributed by atoms with E-state index < -0.39 is 0 Å². The summed E-state index contributed by atoms with van der Waals surface area (Å²) in [6.07, 6.45) is 4.53. The molecule has 0 aliphatic heterocycles. The Morgan fingerprint density at radius 3 is 3.11 bits per heavy atom. The Bertz CT molecular complexity index is 519. The molecule has 0 saturated heterocycles. The minimum absolute atomic E-state index is 0.221. The van der Waals surface area contributed by atoms with Crippen LogP contribution in [0.25, 0.3) is 11.5 Å². The van der Waals surface area contributed by atoms with E-state index in [4.69, 9.17) is 10.3 Å². The van der Waals surface area contributed by atoms with Gasteiger partial charge in [0, 0.05) is 10.7 Å². The molecule has 0 amide bonds. The van der Waals surface area contributed by atoms with Crippen LogP contribution in [0.4, 0.5) is 0 Å². The molecular formula is C11H13BrN4OS. The van der Waals surface area contributed by atoms with Crippen LogP contribution in [0.5, 0.6) is 0 Å². The Morgan fingerprint density at radius 2 is 2.39 bits per heavy atom. The number of pyridine rings is 1. The van der Waals surface area contributed by atoms with E-state index in [0.29, 0.717) is 17.4 Å². The minimum atomic E-state index is -0.221. The highest BCUT2D eigenvalue weighted by Gasteiger charge is 2.17. The van der Waals surface area contributed by atoms with Gasteiger partial charge in [-0.3, -0.25) is 4.98 Å². The molecule has 0 radical (unpaired) electrons. The van der Waals surface area contributed by atoms with Gasteiger partial charge in [0.15, 0.2) is 0 Å². The summed E-state index contributed by atoms with van der Waals surface area (Å²) < 4.78 is 6.01. The predicted octanol–water partition coefficient (Wildman–Crippen LogP) is 2.65. The topological polar surface area (TPSA) is 77.8 Å². The first-order valence-electron chi connectivity index (χ1n) is 5.41. The van der Waals surface area contributed by atoms with Gasteiger partial charge in [0.25, 0.3) is 0 Å². The second kappa shape index (κ2) is 6.31. The van der Waals surface area contributed by atoms with Crippen molar-refractivity contribution >= 4 is 27.7 Å². The number of rotatable bonds is 5. The van der Waals surface area contributed by atoms with Crippen LogP contribution in [-0.4, -0.2) is 27.1 Å². The lowest BCUT2D eigenvalue weighted by Gasteiger charge is -2.03. The maximum absolute atomic E-state index is 5.97. The molecule has 96 valence electrons. The van der Waals surface area contributed by atoms with Crippen LogP contribution < -0.4 is 5.73 Å². The van der Waals surface area contributed by atoms with Gasteiger partial charge in [-0.05, 0) is 46.5 Å². The highest BCUT2D eigenvalue weighted by atomic mass is 79.9. The second-order valence-electron chi connectivity index (χ2n) is 3.68. The summed E-state index contributed by atoms with van der Waals surface area (Å²) in [5, 5.41) is 3.91. The van der Waals surface area contributed by atoms with Gasteiger partial charge < -0.3 is 10.3 Å². The van der Waals surface area contributed by atoms with Crippen LogP contribution in [0.3, 0.4) is 0 Å². The van der Waals surface area contributed by atoms with E-state index in [1.165, 1.54) is 0 Å². The fraction of sp³-hybridized carbons (Fsp3) is 0.364. The van der Waals surface area contributed by atoms with Gasteiger partial charge in [0.05, 0.1) is 6.04 Å². The SMILES string of the molecule is CSCCC(N)c1nc(-c2ncccc2Br)no1. The van der Waals surface area contributed by atoms with Crippen molar-refractivity contribution in [3.05, 3.63) is 28.7 Å². The van der Waals surface area contributed by atoms with E-state index in [0.717, 1.165) is 16.6 Å². The fourth-order valence-corrected chi connectivity index (χ4v) is 2.32. The molecule has 0 bridgehead atoms. The van der Waals surface area contributed by atoms with Gasteiger partial charge in [-0.1, -0.05) is 5.16 Å². The summed E-state index contributed by atoms with van der Waals surface area (Å²) >= 11 is 5.14. The molecule has 2 heterocycles. The van der Waals surface area contributed by atoms with Crippen molar-refractivity contribution in [1.29, 1.82) is 0 Å². The van der Waals surface area contributed by atoms with E-state index in [-0.39, 0.29) is 6.04 Å². The Balaban J connectivity index is 2.18. The largest absolute Gasteiger partial charge is 0.337 e. The van der Waals surface area contributed by atoms with E-state index >= 15 is 0 Å². The Kier molecular flexibility index (Phi) is 4.73. The summed E-state index contributed by atoms with van der Waals surface area (Å²) in [5.41, 5.74) is 6.63. The van der Waals surface area contributed by atoms with Gasteiger partial charge in [-0.15, -0.1) is 0 Å². The molecule has 2 aromatic rings. The molecule has 2 N–H and O–H groups in total. The average molecular weight is 329 g/mol. The number of nitrogens with two attached hydrogens (primary N) is 1. The standard InChI is InChI=1S/C11H13BrN4OS/c1-18-6-4-8(13)11-15-10(16-17-11)9-7(12)3-2-5-14-9/h2-3,5,8H,4,6,13H2,1H3. The quantitative estimate of drug-likeness (QED) is 0.909. The molecule has 0 spiro atoms. The molecule has 1 unspecified atom stereocenters. The lowest BCUT2D eigenvalue weighted by molar-refractivity contribution is 0.353. The maximum Gasteiger partial charge on any atom is 0.243 e. The number of halogens is 1. The molecule has 1 atom stereocenters. The highest BCUT2D eigenvalue weighted by Crippen LogP contribution is 2.24. The van der Waals surface area contributed by atoms with E-state index in [1.807, 2.05) is 18.4 Å². The molecule has 0 aliphatic rings. The Hall–Kier alpha value is -0.920. The summed E-state index contributed by atoms with van der Waals surface area (Å²) in [7, 11) is 0. The summed E-state index contributed by atoms with van der Waals surface area (Å²) in [4.78, 5) is 8.50. The van der Waals surface area contributed by atoms with Crippen LogP contribution in [0, 0.1) is 0 Å². The van der Waals surface area contributed by atoms with E-state index in [1.54, 1.807) is 18.0 Å². The van der Waals surface area contributed by atoms with Gasteiger partial charge in [0.2, 0.25) is 11.7 Å². The van der Waals surface area contributed by atoms with Crippen molar-refractivity contribution in [2.75, 3.05) is 12.0 Å². The third kappa shape index (κ3) is 3.09. The van der Waals surface area contributed by atoms with E-state index in [2.05, 4.69) is 31.1 Å². The average Bonchev–Trinajstić information content (AvgIpc) is 2.86. The van der Waals surface area contributed by atoms with Crippen LogP contribution in [-0.2, 0) is 0 Å². The molecule has 18 heavy (non-hydrogen) atoms. The zero-order valence-corrected chi connectivity index (χ0v) is 12.2. The van der Waals surface area contributed by atoms with Crippen LogP contribution >= 0.6 is 27.7 Å².